The third kappa shape index (κ3) is 1.56. The monoisotopic (exact) mass is 178 g/mol. The van der Waals surface area contributed by atoms with Crippen LogP contribution in [0.25, 0.3) is 0 Å². The van der Waals surface area contributed by atoms with Gasteiger partial charge in [-0.2, -0.15) is 0 Å². The van der Waals surface area contributed by atoms with Crippen molar-refractivity contribution in [3.63, 3.8) is 0 Å². The van der Waals surface area contributed by atoms with E-state index in [-0.39, 0.29) is 0 Å². The minimum Gasteiger partial charge on any atom is -0.303 e. The highest BCUT2D eigenvalue weighted by molar-refractivity contribution is 5.55. The number of rotatable bonds is 1. The Morgan fingerprint density at radius 1 is 1.38 bits per heavy atom. The van der Waals surface area contributed by atoms with Gasteiger partial charge >= 0.3 is 0 Å². The van der Waals surface area contributed by atoms with Crippen molar-refractivity contribution in [2.45, 2.75) is 32.6 Å². The van der Waals surface area contributed by atoms with Gasteiger partial charge < -0.3 is 4.79 Å². The predicted octanol–water partition coefficient (Wildman–Crippen LogP) is 2.81. The molecule has 0 saturated heterocycles. The molecule has 13 heavy (non-hydrogen) atoms. The fourth-order valence-electron chi connectivity index (χ4n) is 3.16. The summed E-state index contributed by atoms with van der Waals surface area (Å²) in [5, 5.41) is 0. The van der Waals surface area contributed by atoms with Crippen LogP contribution in [-0.2, 0) is 4.79 Å². The lowest BCUT2D eigenvalue weighted by Gasteiger charge is -2.40. The van der Waals surface area contributed by atoms with Gasteiger partial charge in [0.2, 0.25) is 0 Å². The summed E-state index contributed by atoms with van der Waals surface area (Å²) in [7, 11) is 0. The number of aldehydes is 1. The Hall–Kier alpha value is -0.590. The molecule has 1 nitrogen and oxygen atoms in total. The molecule has 0 bridgehead atoms. The first-order valence-corrected chi connectivity index (χ1v) is 5.45. The molecule has 2 aliphatic rings. The fourth-order valence-corrected chi connectivity index (χ4v) is 3.16. The molecule has 0 aromatic heterocycles. The fraction of sp³-hybridized carbons (Fsp3) is 0.750. The summed E-state index contributed by atoms with van der Waals surface area (Å²) in [6.07, 6.45) is 10.7. The van der Waals surface area contributed by atoms with Crippen LogP contribution in [0.2, 0.25) is 0 Å². The number of hydrogen-bond acceptors (Lipinski definition) is 1. The Bertz CT molecular complexity index is 219. The summed E-state index contributed by atoms with van der Waals surface area (Å²) in [5.41, 5.74) is 0. The van der Waals surface area contributed by atoms with Crippen molar-refractivity contribution in [2.75, 3.05) is 0 Å². The minimum atomic E-state index is 0.310. The highest BCUT2D eigenvalue weighted by Crippen LogP contribution is 2.43. The standard InChI is InChI=1S/C12H18O/c1-9-4-2-5-10-6-3-7-11(8-13)12(9)10/h3,6,8-12H,2,4-5,7H2,1H3. The van der Waals surface area contributed by atoms with Gasteiger partial charge in [-0.15, -0.1) is 0 Å². The van der Waals surface area contributed by atoms with Crippen molar-refractivity contribution in [1.29, 1.82) is 0 Å². The maximum absolute atomic E-state index is 10.9. The lowest BCUT2D eigenvalue weighted by Crippen LogP contribution is -2.34. The van der Waals surface area contributed by atoms with E-state index >= 15 is 0 Å². The van der Waals surface area contributed by atoms with Gasteiger partial charge in [0.25, 0.3) is 0 Å². The lowest BCUT2D eigenvalue weighted by molar-refractivity contribution is -0.114. The Labute approximate surface area is 80.2 Å². The predicted molar refractivity (Wildman–Crippen MR) is 53.3 cm³/mol. The zero-order chi connectivity index (χ0) is 9.26. The Morgan fingerprint density at radius 3 is 3.00 bits per heavy atom. The number of hydrogen-bond donors (Lipinski definition) is 0. The van der Waals surface area contributed by atoms with Crippen molar-refractivity contribution < 1.29 is 4.79 Å². The van der Waals surface area contributed by atoms with Gasteiger partial charge in [-0.1, -0.05) is 31.9 Å². The van der Waals surface area contributed by atoms with Gasteiger partial charge in [-0.05, 0) is 30.6 Å². The van der Waals surface area contributed by atoms with Crippen LogP contribution < -0.4 is 0 Å². The van der Waals surface area contributed by atoms with Crippen LogP contribution in [0, 0.1) is 23.7 Å². The quantitative estimate of drug-likeness (QED) is 0.446. The van der Waals surface area contributed by atoms with Gasteiger partial charge in [-0.25, -0.2) is 0 Å². The third-order valence-corrected chi connectivity index (χ3v) is 3.81. The van der Waals surface area contributed by atoms with E-state index in [0.29, 0.717) is 17.8 Å². The van der Waals surface area contributed by atoms with Crippen LogP contribution in [0.4, 0.5) is 0 Å². The molecule has 1 heteroatoms. The summed E-state index contributed by atoms with van der Waals surface area (Å²) in [4.78, 5) is 10.9. The highest BCUT2D eigenvalue weighted by Gasteiger charge is 2.36. The van der Waals surface area contributed by atoms with Crippen molar-refractivity contribution in [3.05, 3.63) is 12.2 Å². The van der Waals surface area contributed by atoms with Crippen molar-refractivity contribution in [2.24, 2.45) is 23.7 Å². The van der Waals surface area contributed by atoms with Crippen LogP contribution in [0.1, 0.15) is 32.6 Å². The number of allylic oxidation sites excluding steroid dienone is 2. The largest absolute Gasteiger partial charge is 0.303 e. The SMILES string of the molecule is CC1CCCC2C=CCC(C=O)C12. The van der Waals surface area contributed by atoms with E-state index in [1.165, 1.54) is 25.5 Å². The van der Waals surface area contributed by atoms with Crippen LogP contribution in [0.5, 0.6) is 0 Å². The molecular formula is C12H18O. The average molecular weight is 178 g/mol. The molecule has 0 amide bonds. The molecule has 4 unspecified atom stereocenters. The highest BCUT2D eigenvalue weighted by atomic mass is 16.1. The molecule has 0 aromatic carbocycles. The van der Waals surface area contributed by atoms with Crippen molar-refractivity contribution in [3.8, 4) is 0 Å². The summed E-state index contributed by atoms with van der Waals surface area (Å²) in [6.45, 7) is 2.31. The molecule has 1 saturated carbocycles. The van der Waals surface area contributed by atoms with E-state index in [1.54, 1.807) is 0 Å². The van der Waals surface area contributed by atoms with E-state index in [4.69, 9.17) is 0 Å². The lowest BCUT2D eigenvalue weighted by atomic mass is 9.64. The van der Waals surface area contributed by atoms with Gasteiger partial charge in [0.1, 0.15) is 6.29 Å². The van der Waals surface area contributed by atoms with E-state index < -0.39 is 0 Å². The Kier molecular flexibility index (Phi) is 2.52. The molecule has 0 radical (unpaired) electrons. The first kappa shape index (κ1) is 8.98. The molecular weight excluding hydrogens is 160 g/mol. The van der Waals surface area contributed by atoms with Crippen LogP contribution >= 0.6 is 0 Å². The molecule has 72 valence electrons. The molecule has 2 aliphatic carbocycles. The third-order valence-electron chi connectivity index (χ3n) is 3.81. The molecule has 0 aromatic rings. The topological polar surface area (TPSA) is 17.1 Å². The van der Waals surface area contributed by atoms with Crippen molar-refractivity contribution >= 4 is 6.29 Å². The second kappa shape index (κ2) is 3.65. The number of fused-ring (bicyclic) bond motifs is 1. The summed E-state index contributed by atoms with van der Waals surface area (Å²) in [6, 6.07) is 0. The van der Waals surface area contributed by atoms with Crippen LogP contribution in [0.15, 0.2) is 12.2 Å². The summed E-state index contributed by atoms with van der Waals surface area (Å²) >= 11 is 0. The minimum absolute atomic E-state index is 0.310. The van der Waals surface area contributed by atoms with Gasteiger partial charge in [-0.3, -0.25) is 0 Å². The Morgan fingerprint density at radius 2 is 2.23 bits per heavy atom. The zero-order valence-electron chi connectivity index (χ0n) is 8.28. The number of carbonyl (C=O) groups is 1. The molecule has 0 heterocycles. The van der Waals surface area contributed by atoms with E-state index in [1.807, 2.05) is 0 Å². The second-order valence-corrected chi connectivity index (χ2v) is 4.61. The second-order valence-electron chi connectivity index (χ2n) is 4.61. The van der Waals surface area contributed by atoms with E-state index in [0.717, 1.165) is 12.3 Å². The summed E-state index contributed by atoms with van der Waals surface area (Å²) in [5.74, 6) is 2.41. The molecule has 0 spiro atoms. The molecule has 2 rings (SSSR count). The molecule has 0 N–H and O–H groups in total. The van der Waals surface area contributed by atoms with E-state index in [9.17, 15) is 4.79 Å². The van der Waals surface area contributed by atoms with Crippen LogP contribution in [-0.4, -0.2) is 6.29 Å². The Balaban J connectivity index is 2.18. The van der Waals surface area contributed by atoms with Gasteiger partial charge in [0, 0.05) is 5.92 Å². The van der Waals surface area contributed by atoms with Crippen molar-refractivity contribution in [1.82, 2.24) is 0 Å². The van der Waals surface area contributed by atoms with Gasteiger partial charge in [0.05, 0.1) is 0 Å². The maximum Gasteiger partial charge on any atom is 0.123 e. The van der Waals surface area contributed by atoms with E-state index in [2.05, 4.69) is 19.1 Å². The summed E-state index contributed by atoms with van der Waals surface area (Å²) < 4.78 is 0. The molecule has 4 atom stereocenters. The first-order chi connectivity index (χ1) is 6.33. The average Bonchev–Trinajstić information content (AvgIpc) is 2.17. The molecule has 1 fully saturated rings. The van der Waals surface area contributed by atoms with Crippen LogP contribution in [0.3, 0.4) is 0 Å². The maximum atomic E-state index is 10.9. The number of carbonyl (C=O) groups excluding carboxylic acids is 1. The molecule has 0 aliphatic heterocycles. The zero-order valence-corrected chi connectivity index (χ0v) is 8.28. The van der Waals surface area contributed by atoms with Gasteiger partial charge in [0.15, 0.2) is 0 Å². The normalized spacial score (nSPS) is 44.1. The first-order valence-electron chi connectivity index (χ1n) is 5.45. The smallest absolute Gasteiger partial charge is 0.123 e.